The van der Waals surface area contributed by atoms with Crippen LogP contribution >= 0.6 is 11.6 Å². The van der Waals surface area contributed by atoms with Crippen molar-refractivity contribution < 1.29 is 18.8 Å². The van der Waals surface area contributed by atoms with E-state index in [0.29, 0.717) is 47.9 Å². The summed E-state index contributed by atoms with van der Waals surface area (Å²) in [7, 11) is 1.56. The Balaban J connectivity index is 1.70. The fraction of sp³-hybridized carbons (Fsp3) is 0.450. The largest absolute Gasteiger partial charge is 0.493 e. The van der Waals surface area contributed by atoms with Crippen LogP contribution in [0.1, 0.15) is 43.0 Å². The molecule has 1 fully saturated rings. The van der Waals surface area contributed by atoms with E-state index in [2.05, 4.69) is 10.1 Å². The molecule has 0 spiro atoms. The lowest BCUT2D eigenvalue weighted by molar-refractivity contribution is -0.127. The molecule has 3 rings (SSSR count). The molecule has 0 N–H and O–H groups in total. The molecule has 1 atom stereocenters. The summed E-state index contributed by atoms with van der Waals surface area (Å²) in [4.78, 5) is 18.7. The normalized spacial score (nSPS) is 17.1. The van der Waals surface area contributed by atoms with Crippen LogP contribution in [0.25, 0.3) is 6.08 Å². The van der Waals surface area contributed by atoms with Crippen molar-refractivity contribution in [1.82, 2.24) is 15.0 Å². The number of carbonyl (C=O) groups is 1. The lowest BCUT2D eigenvalue weighted by atomic mass is 9.98. The summed E-state index contributed by atoms with van der Waals surface area (Å²) in [6, 6.07) is 3.54. The number of piperidine rings is 1. The smallest absolute Gasteiger partial charge is 0.246 e. The summed E-state index contributed by atoms with van der Waals surface area (Å²) < 4.78 is 16.1. The van der Waals surface area contributed by atoms with Gasteiger partial charge in [0.2, 0.25) is 11.8 Å². The van der Waals surface area contributed by atoms with Gasteiger partial charge in [-0.25, -0.2) is 0 Å². The van der Waals surface area contributed by atoms with Gasteiger partial charge in [0.1, 0.15) is 0 Å². The SMILES string of the molecule is CCOc1c(Cl)cc(C=CC(=O)N2CCCC(c3nc(C)no3)C2)cc1OC. The van der Waals surface area contributed by atoms with Crippen LogP contribution in [-0.4, -0.2) is 47.8 Å². The minimum absolute atomic E-state index is 0.0649. The lowest BCUT2D eigenvalue weighted by Gasteiger charge is -2.30. The Labute approximate surface area is 169 Å². The van der Waals surface area contributed by atoms with Crippen molar-refractivity contribution in [2.24, 2.45) is 0 Å². The summed E-state index contributed by atoms with van der Waals surface area (Å²) in [5.74, 6) is 2.26. The number of aryl methyl sites for hydroxylation is 1. The Bertz CT molecular complexity index is 865. The average Bonchev–Trinajstić information content (AvgIpc) is 3.14. The fourth-order valence-electron chi connectivity index (χ4n) is 3.25. The van der Waals surface area contributed by atoms with Gasteiger partial charge in [0, 0.05) is 19.2 Å². The number of amides is 1. The third kappa shape index (κ3) is 4.65. The number of likely N-dealkylation sites (tertiary alicyclic amines) is 1. The molecule has 28 heavy (non-hydrogen) atoms. The van der Waals surface area contributed by atoms with Crippen LogP contribution in [0.3, 0.4) is 0 Å². The third-order valence-electron chi connectivity index (χ3n) is 4.58. The number of aromatic nitrogens is 2. The van der Waals surface area contributed by atoms with Crippen molar-refractivity contribution in [3.8, 4) is 11.5 Å². The number of benzene rings is 1. The van der Waals surface area contributed by atoms with Crippen molar-refractivity contribution in [2.75, 3.05) is 26.8 Å². The zero-order valence-electron chi connectivity index (χ0n) is 16.3. The first kappa shape index (κ1) is 20.2. The minimum atomic E-state index is -0.0649. The lowest BCUT2D eigenvalue weighted by Crippen LogP contribution is -2.38. The number of carbonyl (C=O) groups excluding carboxylic acids is 1. The molecule has 150 valence electrons. The Morgan fingerprint density at radius 3 is 2.96 bits per heavy atom. The maximum atomic E-state index is 12.6. The van der Waals surface area contributed by atoms with Gasteiger partial charge < -0.3 is 18.9 Å². The maximum absolute atomic E-state index is 12.6. The van der Waals surface area contributed by atoms with Crippen molar-refractivity contribution in [1.29, 1.82) is 0 Å². The van der Waals surface area contributed by atoms with Crippen LogP contribution in [-0.2, 0) is 4.79 Å². The van der Waals surface area contributed by atoms with Crippen LogP contribution in [0.15, 0.2) is 22.7 Å². The number of hydrogen-bond acceptors (Lipinski definition) is 6. The van der Waals surface area contributed by atoms with Crippen molar-refractivity contribution >= 4 is 23.6 Å². The van der Waals surface area contributed by atoms with Gasteiger partial charge in [-0.2, -0.15) is 4.98 Å². The molecular formula is C20H24ClN3O4. The van der Waals surface area contributed by atoms with Gasteiger partial charge in [-0.1, -0.05) is 16.8 Å². The summed E-state index contributed by atoms with van der Waals surface area (Å²) in [6.07, 6.45) is 5.11. The molecule has 1 saturated heterocycles. The van der Waals surface area contributed by atoms with E-state index in [4.69, 9.17) is 25.6 Å². The van der Waals surface area contributed by atoms with E-state index in [0.717, 1.165) is 18.4 Å². The second kappa shape index (κ2) is 9.10. The van der Waals surface area contributed by atoms with Gasteiger partial charge in [-0.05, 0) is 50.5 Å². The van der Waals surface area contributed by atoms with Crippen LogP contribution in [0.2, 0.25) is 5.02 Å². The number of ether oxygens (including phenoxy) is 2. The van der Waals surface area contributed by atoms with Crippen LogP contribution in [0.4, 0.5) is 0 Å². The highest BCUT2D eigenvalue weighted by atomic mass is 35.5. The van der Waals surface area contributed by atoms with Gasteiger partial charge in [0.15, 0.2) is 17.3 Å². The van der Waals surface area contributed by atoms with Crippen LogP contribution in [0.5, 0.6) is 11.5 Å². The standard InChI is InChI=1S/C20H24ClN3O4/c1-4-27-19-16(21)10-14(11-17(19)26-3)7-8-18(25)24-9-5-6-15(12-24)20-22-13(2)23-28-20/h7-8,10-11,15H,4-6,9,12H2,1-3H3. The molecule has 1 aromatic heterocycles. The molecule has 1 aromatic carbocycles. The average molecular weight is 406 g/mol. The molecule has 0 bridgehead atoms. The summed E-state index contributed by atoms with van der Waals surface area (Å²) >= 11 is 6.29. The topological polar surface area (TPSA) is 77.7 Å². The van der Waals surface area contributed by atoms with E-state index in [1.807, 2.05) is 6.92 Å². The fourth-order valence-corrected chi connectivity index (χ4v) is 3.52. The van der Waals surface area contributed by atoms with Gasteiger partial charge in [-0.3, -0.25) is 4.79 Å². The monoisotopic (exact) mass is 405 g/mol. The Morgan fingerprint density at radius 1 is 1.46 bits per heavy atom. The molecular weight excluding hydrogens is 382 g/mol. The van der Waals surface area contributed by atoms with Crippen LogP contribution in [0, 0.1) is 6.92 Å². The quantitative estimate of drug-likeness (QED) is 0.679. The van der Waals surface area contributed by atoms with E-state index in [1.165, 1.54) is 0 Å². The highest BCUT2D eigenvalue weighted by Crippen LogP contribution is 2.36. The second-order valence-corrected chi connectivity index (χ2v) is 7.01. The number of nitrogens with zero attached hydrogens (tertiary/aromatic N) is 3. The first-order chi connectivity index (χ1) is 13.5. The summed E-state index contributed by atoms with van der Waals surface area (Å²) in [5, 5.41) is 4.29. The van der Waals surface area contributed by atoms with E-state index < -0.39 is 0 Å². The number of rotatable bonds is 6. The third-order valence-corrected chi connectivity index (χ3v) is 4.87. The molecule has 0 radical (unpaired) electrons. The molecule has 0 aliphatic carbocycles. The van der Waals surface area contributed by atoms with Crippen molar-refractivity contribution in [3.05, 3.63) is 40.5 Å². The van der Waals surface area contributed by atoms with Crippen molar-refractivity contribution in [3.63, 3.8) is 0 Å². The summed E-state index contributed by atoms with van der Waals surface area (Å²) in [5.41, 5.74) is 0.764. The Kier molecular flexibility index (Phi) is 6.57. The molecule has 1 aliphatic heterocycles. The van der Waals surface area contributed by atoms with Gasteiger partial charge >= 0.3 is 0 Å². The zero-order valence-corrected chi connectivity index (χ0v) is 17.0. The predicted molar refractivity (Wildman–Crippen MR) is 106 cm³/mol. The molecule has 1 unspecified atom stereocenters. The molecule has 8 heteroatoms. The van der Waals surface area contributed by atoms with E-state index in [1.54, 1.807) is 43.2 Å². The van der Waals surface area contributed by atoms with Gasteiger partial charge in [-0.15, -0.1) is 0 Å². The molecule has 7 nitrogen and oxygen atoms in total. The first-order valence-corrected chi connectivity index (χ1v) is 9.67. The molecule has 1 aliphatic rings. The minimum Gasteiger partial charge on any atom is -0.493 e. The van der Waals surface area contributed by atoms with Crippen LogP contribution < -0.4 is 9.47 Å². The number of halogens is 1. The van der Waals surface area contributed by atoms with Gasteiger partial charge in [0.25, 0.3) is 0 Å². The molecule has 1 amide bonds. The number of hydrogen-bond donors (Lipinski definition) is 0. The Morgan fingerprint density at radius 2 is 2.29 bits per heavy atom. The van der Waals surface area contributed by atoms with E-state index >= 15 is 0 Å². The maximum Gasteiger partial charge on any atom is 0.246 e. The molecule has 0 saturated carbocycles. The van der Waals surface area contributed by atoms with E-state index in [9.17, 15) is 4.79 Å². The van der Waals surface area contributed by atoms with E-state index in [-0.39, 0.29) is 11.8 Å². The van der Waals surface area contributed by atoms with Crippen molar-refractivity contribution in [2.45, 2.75) is 32.6 Å². The Hall–Kier alpha value is -2.54. The van der Waals surface area contributed by atoms with Gasteiger partial charge in [0.05, 0.1) is 24.7 Å². The highest BCUT2D eigenvalue weighted by molar-refractivity contribution is 6.32. The first-order valence-electron chi connectivity index (χ1n) is 9.29. The second-order valence-electron chi connectivity index (χ2n) is 6.60. The molecule has 2 heterocycles. The number of methoxy groups -OCH3 is 1. The molecule has 2 aromatic rings. The highest BCUT2D eigenvalue weighted by Gasteiger charge is 2.27. The summed E-state index contributed by atoms with van der Waals surface area (Å²) in [6.45, 7) is 5.43. The zero-order chi connectivity index (χ0) is 20.1. The predicted octanol–water partition coefficient (Wildman–Crippen LogP) is 3.86.